The van der Waals surface area contributed by atoms with Crippen LogP contribution in [-0.4, -0.2) is 11.4 Å². The SMILES string of the molecule is N=C1C=C2Cc3cc(N)ccc3N=C2c2ccccc21. The van der Waals surface area contributed by atoms with Crippen LogP contribution in [-0.2, 0) is 6.42 Å². The number of hydrogen-bond acceptors (Lipinski definition) is 3. The lowest BCUT2D eigenvalue weighted by Gasteiger charge is -2.24. The molecule has 0 atom stereocenters. The van der Waals surface area contributed by atoms with Gasteiger partial charge in [-0.3, -0.25) is 0 Å². The quantitative estimate of drug-likeness (QED) is 0.701. The van der Waals surface area contributed by atoms with Crippen molar-refractivity contribution < 1.29 is 0 Å². The van der Waals surface area contributed by atoms with Gasteiger partial charge in [0.2, 0.25) is 0 Å². The number of nitrogens with zero attached hydrogens (tertiary/aromatic N) is 1. The zero-order chi connectivity index (χ0) is 13.7. The molecule has 3 nitrogen and oxygen atoms in total. The molecule has 0 saturated heterocycles. The van der Waals surface area contributed by atoms with Crippen molar-refractivity contribution in [1.29, 1.82) is 5.41 Å². The van der Waals surface area contributed by atoms with E-state index in [-0.39, 0.29) is 0 Å². The lowest BCUT2D eigenvalue weighted by atomic mass is 9.83. The molecular weight excluding hydrogens is 246 g/mol. The molecule has 0 bridgehead atoms. The fraction of sp³-hybridized carbons (Fsp3) is 0.0588. The lowest BCUT2D eigenvalue weighted by molar-refractivity contribution is 1.16. The molecule has 3 heteroatoms. The van der Waals surface area contributed by atoms with Gasteiger partial charge in [-0.25, -0.2) is 4.99 Å². The minimum absolute atomic E-state index is 0.557. The first-order valence-corrected chi connectivity index (χ1v) is 6.59. The first kappa shape index (κ1) is 11.2. The Labute approximate surface area is 117 Å². The number of anilines is 1. The normalized spacial score (nSPS) is 15.7. The molecule has 0 amide bonds. The van der Waals surface area contributed by atoms with Crippen LogP contribution in [0, 0.1) is 5.41 Å². The molecule has 1 aliphatic heterocycles. The van der Waals surface area contributed by atoms with Gasteiger partial charge in [-0.1, -0.05) is 24.3 Å². The van der Waals surface area contributed by atoms with E-state index in [4.69, 9.17) is 16.1 Å². The van der Waals surface area contributed by atoms with Crippen LogP contribution in [0.5, 0.6) is 0 Å². The molecular formula is C17H13N3. The van der Waals surface area contributed by atoms with Crippen LogP contribution in [0.4, 0.5) is 11.4 Å². The van der Waals surface area contributed by atoms with Crippen LogP contribution in [0.1, 0.15) is 16.7 Å². The maximum absolute atomic E-state index is 8.16. The van der Waals surface area contributed by atoms with Crippen LogP contribution < -0.4 is 5.73 Å². The summed E-state index contributed by atoms with van der Waals surface area (Å²) >= 11 is 0. The van der Waals surface area contributed by atoms with Gasteiger partial charge in [-0.15, -0.1) is 0 Å². The van der Waals surface area contributed by atoms with Crippen molar-refractivity contribution in [2.24, 2.45) is 4.99 Å². The fourth-order valence-corrected chi connectivity index (χ4v) is 2.87. The summed E-state index contributed by atoms with van der Waals surface area (Å²) in [6, 6.07) is 13.8. The summed E-state index contributed by atoms with van der Waals surface area (Å²) in [5.74, 6) is 0. The zero-order valence-corrected chi connectivity index (χ0v) is 10.9. The topological polar surface area (TPSA) is 62.2 Å². The molecule has 0 unspecified atom stereocenters. The summed E-state index contributed by atoms with van der Waals surface area (Å²) in [5.41, 5.74) is 13.4. The van der Waals surface area contributed by atoms with Crippen molar-refractivity contribution in [2.75, 3.05) is 5.73 Å². The number of fused-ring (bicyclic) bond motifs is 4. The summed E-state index contributed by atoms with van der Waals surface area (Å²) < 4.78 is 0. The van der Waals surface area contributed by atoms with E-state index in [1.54, 1.807) is 0 Å². The molecule has 0 fully saturated rings. The highest BCUT2D eigenvalue weighted by molar-refractivity contribution is 6.28. The van der Waals surface area contributed by atoms with Crippen molar-refractivity contribution >= 4 is 22.8 Å². The minimum Gasteiger partial charge on any atom is -0.399 e. The summed E-state index contributed by atoms with van der Waals surface area (Å²) in [6.45, 7) is 0. The Kier molecular flexibility index (Phi) is 2.18. The summed E-state index contributed by atoms with van der Waals surface area (Å²) in [6.07, 6.45) is 2.71. The molecule has 0 radical (unpaired) electrons. The van der Waals surface area contributed by atoms with Gasteiger partial charge in [-0.05, 0) is 35.4 Å². The average molecular weight is 259 g/mol. The molecule has 0 spiro atoms. The summed E-state index contributed by atoms with van der Waals surface area (Å²) in [5, 5.41) is 8.16. The molecule has 1 aliphatic carbocycles. The van der Waals surface area contributed by atoms with Crippen molar-refractivity contribution in [3.63, 3.8) is 0 Å². The summed E-state index contributed by atoms with van der Waals surface area (Å²) in [4.78, 5) is 4.78. The van der Waals surface area contributed by atoms with Crippen molar-refractivity contribution in [3.8, 4) is 0 Å². The lowest BCUT2D eigenvalue weighted by Crippen LogP contribution is -2.21. The van der Waals surface area contributed by atoms with Crippen LogP contribution in [0.25, 0.3) is 0 Å². The third kappa shape index (κ3) is 1.53. The number of hydrogen-bond donors (Lipinski definition) is 2. The Bertz CT molecular complexity index is 813. The molecule has 0 saturated carbocycles. The van der Waals surface area contributed by atoms with Gasteiger partial charge in [0.15, 0.2) is 0 Å². The first-order valence-electron chi connectivity index (χ1n) is 6.59. The molecule has 1 heterocycles. The Balaban J connectivity index is 1.98. The van der Waals surface area contributed by atoms with E-state index >= 15 is 0 Å². The molecule has 96 valence electrons. The van der Waals surface area contributed by atoms with E-state index in [9.17, 15) is 0 Å². The monoisotopic (exact) mass is 259 g/mol. The highest BCUT2D eigenvalue weighted by Gasteiger charge is 2.25. The smallest absolute Gasteiger partial charge is 0.0752 e. The second-order valence-corrected chi connectivity index (χ2v) is 5.15. The van der Waals surface area contributed by atoms with E-state index in [1.165, 1.54) is 0 Å². The van der Waals surface area contributed by atoms with Crippen molar-refractivity contribution in [3.05, 3.63) is 70.8 Å². The van der Waals surface area contributed by atoms with Gasteiger partial charge >= 0.3 is 0 Å². The number of rotatable bonds is 0. The zero-order valence-electron chi connectivity index (χ0n) is 10.9. The van der Waals surface area contributed by atoms with Crippen LogP contribution in [0.15, 0.2) is 59.1 Å². The predicted octanol–water partition coefficient (Wildman–Crippen LogP) is 3.25. The Morgan fingerprint density at radius 2 is 1.85 bits per heavy atom. The number of aliphatic imine (C=N–C) groups is 1. The third-order valence-electron chi connectivity index (χ3n) is 3.81. The van der Waals surface area contributed by atoms with Crippen molar-refractivity contribution in [2.45, 2.75) is 6.42 Å². The van der Waals surface area contributed by atoms with Crippen molar-refractivity contribution in [1.82, 2.24) is 0 Å². The number of nitrogen functional groups attached to an aromatic ring is 1. The Morgan fingerprint density at radius 3 is 2.70 bits per heavy atom. The molecule has 0 aromatic heterocycles. The van der Waals surface area contributed by atoms with Gasteiger partial charge in [0.05, 0.1) is 17.1 Å². The Hall–Kier alpha value is -2.68. The van der Waals surface area contributed by atoms with Crippen LogP contribution in [0.3, 0.4) is 0 Å². The number of nitrogens with one attached hydrogen (secondary N) is 1. The van der Waals surface area contributed by atoms with Gasteiger partial charge in [0.1, 0.15) is 0 Å². The highest BCUT2D eigenvalue weighted by Crippen LogP contribution is 2.34. The van der Waals surface area contributed by atoms with Crippen LogP contribution in [0.2, 0.25) is 0 Å². The van der Waals surface area contributed by atoms with Gasteiger partial charge in [-0.2, -0.15) is 0 Å². The van der Waals surface area contributed by atoms with E-state index in [0.29, 0.717) is 5.71 Å². The maximum atomic E-state index is 8.16. The second kappa shape index (κ2) is 3.90. The number of allylic oxidation sites excluding steroid dienone is 2. The third-order valence-corrected chi connectivity index (χ3v) is 3.81. The average Bonchev–Trinajstić information content (AvgIpc) is 2.46. The maximum Gasteiger partial charge on any atom is 0.0752 e. The first-order chi connectivity index (χ1) is 9.72. The van der Waals surface area contributed by atoms with Gasteiger partial charge in [0.25, 0.3) is 0 Å². The fourth-order valence-electron chi connectivity index (χ4n) is 2.87. The second-order valence-electron chi connectivity index (χ2n) is 5.15. The molecule has 3 N–H and O–H groups in total. The van der Waals surface area contributed by atoms with Crippen LogP contribution >= 0.6 is 0 Å². The van der Waals surface area contributed by atoms with Gasteiger partial charge in [0, 0.05) is 23.2 Å². The van der Waals surface area contributed by atoms with E-state index < -0.39 is 0 Å². The summed E-state index contributed by atoms with van der Waals surface area (Å²) in [7, 11) is 0. The van der Waals surface area contributed by atoms with E-state index in [0.717, 1.165) is 45.8 Å². The molecule has 2 aromatic carbocycles. The van der Waals surface area contributed by atoms with Gasteiger partial charge < -0.3 is 11.1 Å². The molecule has 2 aliphatic rings. The molecule has 4 rings (SSSR count). The largest absolute Gasteiger partial charge is 0.399 e. The Morgan fingerprint density at radius 1 is 1.05 bits per heavy atom. The van der Waals surface area contributed by atoms with E-state index in [2.05, 4.69) is 0 Å². The highest BCUT2D eigenvalue weighted by atomic mass is 14.8. The standard InChI is InChI=1S/C17H13N3/c18-12-5-6-16-10(8-12)7-11-9-15(19)13-3-1-2-4-14(13)17(11)20-16/h1-6,8-9,19H,7,18H2. The number of nitrogens with two attached hydrogens (primary N) is 1. The minimum atomic E-state index is 0.557. The predicted molar refractivity (Wildman–Crippen MR) is 82.1 cm³/mol. The van der Waals surface area contributed by atoms with E-state index in [1.807, 2.05) is 48.5 Å². The molecule has 20 heavy (non-hydrogen) atoms. The molecule has 2 aromatic rings. The number of benzene rings is 2.